The van der Waals surface area contributed by atoms with Gasteiger partial charge in [0.2, 0.25) is 11.8 Å². The summed E-state index contributed by atoms with van der Waals surface area (Å²) in [7, 11) is 3.89. The van der Waals surface area contributed by atoms with Gasteiger partial charge in [-0.15, -0.1) is 0 Å². The van der Waals surface area contributed by atoms with Crippen LogP contribution in [0.4, 0.5) is 17.1 Å². The van der Waals surface area contributed by atoms with Gasteiger partial charge in [-0.05, 0) is 42.5 Å². The number of anilines is 2. The van der Waals surface area contributed by atoms with Gasteiger partial charge in [-0.1, -0.05) is 17.8 Å². The van der Waals surface area contributed by atoms with Gasteiger partial charge in [0.1, 0.15) is 5.25 Å². The van der Waals surface area contributed by atoms with Crippen LogP contribution in [0.1, 0.15) is 16.8 Å². The molecule has 1 saturated heterocycles. The molecule has 2 amide bonds. The molecule has 3 rings (SSSR count). The lowest BCUT2D eigenvalue weighted by atomic mass is 10.2. The summed E-state index contributed by atoms with van der Waals surface area (Å²) >= 11 is 1.20. The first kappa shape index (κ1) is 20.4. The molecule has 1 atom stereocenters. The van der Waals surface area contributed by atoms with Crippen LogP contribution in [-0.2, 0) is 9.59 Å². The Hall–Kier alpha value is -3.33. The average Bonchev–Trinajstić information content (AvgIpc) is 3.01. The lowest BCUT2D eigenvalue weighted by Crippen LogP contribution is -2.28. The Kier molecular flexibility index (Phi) is 6.18. The van der Waals surface area contributed by atoms with E-state index in [1.807, 2.05) is 43.3 Å². The molecule has 150 valence electrons. The highest BCUT2D eigenvalue weighted by molar-refractivity contribution is 8.15. The van der Waals surface area contributed by atoms with Crippen LogP contribution in [-0.4, -0.2) is 47.4 Å². The normalized spacial score (nSPS) is 17.1. The number of carboxylic acids is 1. The minimum absolute atomic E-state index is 0.0492. The van der Waals surface area contributed by atoms with E-state index >= 15 is 0 Å². The third-order valence-electron chi connectivity index (χ3n) is 4.14. The first-order valence-corrected chi connectivity index (χ1v) is 9.66. The Morgan fingerprint density at radius 3 is 2.59 bits per heavy atom. The summed E-state index contributed by atoms with van der Waals surface area (Å²) in [4.78, 5) is 41.8. The second kappa shape index (κ2) is 8.78. The number of benzene rings is 2. The number of amides is 2. The Morgan fingerprint density at radius 2 is 1.93 bits per heavy atom. The summed E-state index contributed by atoms with van der Waals surface area (Å²) in [5, 5.41) is 14.2. The lowest BCUT2D eigenvalue weighted by Gasteiger charge is -2.11. The summed E-state index contributed by atoms with van der Waals surface area (Å²) in [6, 6.07) is 13.5. The number of amidine groups is 1. The number of nitrogens with zero attached hydrogens (tertiary/aromatic N) is 2. The first-order valence-electron chi connectivity index (χ1n) is 8.78. The number of carbonyl (C=O) groups excluding carboxylic acids is 2. The van der Waals surface area contributed by atoms with E-state index in [0.717, 1.165) is 5.69 Å². The van der Waals surface area contributed by atoms with E-state index < -0.39 is 11.2 Å². The zero-order valence-corrected chi connectivity index (χ0v) is 16.7. The highest BCUT2D eigenvalue weighted by Crippen LogP contribution is 2.26. The van der Waals surface area contributed by atoms with Gasteiger partial charge in [0.05, 0.1) is 11.3 Å². The molecule has 0 aromatic heterocycles. The van der Waals surface area contributed by atoms with Crippen molar-refractivity contribution in [2.45, 2.75) is 11.7 Å². The molecular formula is C20H20N4O4S. The van der Waals surface area contributed by atoms with E-state index in [0.29, 0.717) is 16.5 Å². The van der Waals surface area contributed by atoms with Crippen molar-refractivity contribution in [2.75, 3.05) is 24.3 Å². The largest absolute Gasteiger partial charge is 0.478 e. The molecule has 9 heteroatoms. The molecule has 3 N–H and O–H groups in total. The summed E-state index contributed by atoms with van der Waals surface area (Å²) in [5.41, 5.74) is 2.19. The monoisotopic (exact) mass is 412 g/mol. The van der Waals surface area contributed by atoms with E-state index in [4.69, 9.17) is 5.11 Å². The second-order valence-electron chi connectivity index (χ2n) is 6.56. The molecule has 8 nitrogen and oxygen atoms in total. The third-order valence-corrected chi connectivity index (χ3v) is 5.22. The highest BCUT2D eigenvalue weighted by atomic mass is 32.2. The van der Waals surface area contributed by atoms with Crippen molar-refractivity contribution < 1.29 is 19.5 Å². The predicted octanol–water partition coefficient (Wildman–Crippen LogP) is 2.70. The van der Waals surface area contributed by atoms with E-state index in [9.17, 15) is 14.4 Å². The van der Waals surface area contributed by atoms with E-state index in [-0.39, 0.29) is 23.8 Å². The van der Waals surface area contributed by atoms with Crippen LogP contribution in [0.25, 0.3) is 0 Å². The topological polar surface area (TPSA) is 111 Å². The minimum atomic E-state index is -1.08. The number of carbonyl (C=O) groups is 3. The van der Waals surface area contributed by atoms with Crippen LogP contribution in [0, 0.1) is 0 Å². The van der Waals surface area contributed by atoms with Crippen LogP contribution < -0.4 is 15.5 Å². The van der Waals surface area contributed by atoms with Crippen molar-refractivity contribution in [2.24, 2.45) is 4.99 Å². The van der Waals surface area contributed by atoms with Gasteiger partial charge in [-0.25, -0.2) is 9.79 Å². The Morgan fingerprint density at radius 1 is 1.21 bits per heavy atom. The van der Waals surface area contributed by atoms with Gasteiger partial charge in [0.15, 0.2) is 5.17 Å². The molecule has 1 unspecified atom stereocenters. The minimum Gasteiger partial charge on any atom is -0.478 e. The summed E-state index contributed by atoms with van der Waals surface area (Å²) in [5.74, 6) is -1.74. The Balaban J connectivity index is 1.60. The number of aliphatic imine (C=N–C) groups is 1. The van der Waals surface area contributed by atoms with E-state index in [1.165, 1.54) is 23.9 Å². The fraction of sp³-hybridized carbons (Fsp3) is 0.200. The molecule has 0 radical (unpaired) electrons. The smallest absolute Gasteiger partial charge is 0.335 e. The standard InChI is InChI=1S/C20H20N4O4S/c1-24(2)15-8-6-13(7-9-15)22-20-23-18(26)16(29-20)11-17(25)21-14-5-3-4-12(10-14)19(27)28/h3-10,16H,11H2,1-2H3,(H,21,25)(H,27,28)(H,22,23,26). The SMILES string of the molecule is CN(C)c1ccc(N=C2NC(=O)C(CC(=O)Nc3cccc(C(=O)O)c3)S2)cc1. The van der Waals surface area contributed by atoms with Gasteiger partial charge in [0, 0.05) is 31.9 Å². The molecule has 1 heterocycles. The molecule has 29 heavy (non-hydrogen) atoms. The number of aromatic carboxylic acids is 1. The molecule has 2 aromatic rings. The van der Waals surface area contributed by atoms with Gasteiger partial charge < -0.3 is 20.6 Å². The molecule has 1 aliphatic heterocycles. The fourth-order valence-corrected chi connectivity index (χ4v) is 3.63. The zero-order valence-electron chi connectivity index (χ0n) is 15.9. The van der Waals surface area contributed by atoms with Crippen molar-refractivity contribution in [3.63, 3.8) is 0 Å². The fourth-order valence-electron chi connectivity index (χ4n) is 2.65. The number of hydrogen-bond acceptors (Lipinski definition) is 6. The van der Waals surface area contributed by atoms with Crippen molar-refractivity contribution in [3.8, 4) is 0 Å². The first-order chi connectivity index (χ1) is 13.8. The van der Waals surface area contributed by atoms with Gasteiger partial charge in [0.25, 0.3) is 0 Å². The number of hydrogen-bond donors (Lipinski definition) is 3. The second-order valence-corrected chi connectivity index (χ2v) is 7.75. The number of thioether (sulfide) groups is 1. The third kappa shape index (κ3) is 5.35. The molecule has 0 bridgehead atoms. The number of rotatable bonds is 6. The number of carboxylic acid groups (broad SMARTS) is 1. The van der Waals surface area contributed by atoms with Gasteiger partial charge in [-0.3, -0.25) is 9.59 Å². The quantitative estimate of drug-likeness (QED) is 0.673. The maximum Gasteiger partial charge on any atom is 0.335 e. The predicted molar refractivity (Wildman–Crippen MR) is 114 cm³/mol. The molecule has 0 aliphatic carbocycles. The summed E-state index contributed by atoms with van der Waals surface area (Å²) in [6.07, 6.45) is -0.0492. The molecule has 1 fully saturated rings. The maximum absolute atomic E-state index is 12.3. The number of nitrogens with one attached hydrogen (secondary N) is 2. The van der Waals surface area contributed by atoms with Gasteiger partial charge in [-0.2, -0.15) is 0 Å². The van der Waals surface area contributed by atoms with E-state index in [2.05, 4.69) is 15.6 Å². The van der Waals surface area contributed by atoms with Crippen molar-refractivity contribution in [1.82, 2.24) is 5.32 Å². The van der Waals surface area contributed by atoms with Crippen LogP contribution in [0.2, 0.25) is 0 Å². The Bertz CT molecular complexity index is 973. The Labute approximate surface area is 172 Å². The van der Waals surface area contributed by atoms with Crippen LogP contribution in [0.15, 0.2) is 53.5 Å². The van der Waals surface area contributed by atoms with Crippen LogP contribution in [0.5, 0.6) is 0 Å². The van der Waals surface area contributed by atoms with Crippen molar-refractivity contribution in [3.05, 3.63) is 54.1 Å². The molecule has 2 aromatic carbocycles. The molecule has 1 aliphatic rings. The van der Waals surface area contributed by atoms with Crippen molar-refractivity contribution >= 4 is 51.8 Å². The van der Waals surface area contributed by atoms with Crippen molar-refractivity contribution in [1.29, 1.82) is 0 Å². The van der Waals surface area contributed by atoms with Crippen LogP contribution in [0.3, 0.4) is 0 Å². The molecule has 0 spiro atoms. The lowest BCUT2D eigenvalue weighted by molar-refractivity contribution is -0.122. The van der Waals surface area contributed by atoms with E-state index in [1.54, 1.807) is 12.1 Å². The highest BCUT2D eigenvalue weighted by Gasteiger charge is 2.32. The maximum atomic E-state index is 12.3. The summed E-state index contributed by atoms with van der Waals surface area (Å²) in [6.45, 7) is 0. The summed E-state index contributed by atoms with van der Waals surface area (Å²) < 4.78 is 0. The zero-order chi connectivity index (χ0) is 21.0. The molecule has 0 saturated carbocycles. The van der Waals surface area contributed by atoms with Crippen LogP contribution >= 0.6 is 11.8 Å². The van der Waals surface area contributed by atoms with Gasteiger partial charge >= 0.3 is 5.97 Å². The average molecular weight is 412 g/mol. The molecular weight excluding hydrogens is 392 g/mol.